The first-order chi connectivity index (χ1) is 9.45. The molecule has 0 saturated carbocycles. The topological polar surface area (TPSA) is 51.8 Å². The van der Waals surface area contributed by atoms with E-state index in [4.69, 9.17) is 10.7 Å². The van der Waals surface area contributed by atoms with E-state index in [9.17, 15) is 0 Å². The third-order valence-corrected chi connectivity index (χ3v) is 5.30. The second-order valence-electron chi connectivity index (χ2n) is 6.51. The van der Waals surface area contributed by atoms with Crippen LogP contribution in [0.1, 0.15) is 55.8 Å². The Kier molecular flexibility index (Phi) is 3.38. The minimum Gasteiger partial charge on any atom is -0.324 e. The lowest BCUT2D eigenvalue weighted by Gasteiger charge is -2.20. The van der Waals surface area contributed by atoms with E-state index in [2.05, 4.69) is 37.9 Å². The minimum atomic E-state index is 0.112. The maximum absolute atomic E-state index is 6.12. The zero-order valence-electron chi connectivity index (χ0n) is 12.3. The van der Waals surface area contributed by atoms with Crippen molar-refractivity contribution in [2.45, 2.75) is 51.5 Å². The number of hydrogen-bond acceptors (Lipinski definition) is 4. The van der Waals surface area contributed by atoms with Gasteiger partial charge in [-0.1, -0.05) is 20.8 Å². The Morgan fingerprint density at radius 3 is 2.80 bits per heavy atom. The molecule has 3 nitrogen and oxygen atoms in total. The van der Waals surface area contributed by atoms with Gasteiger partial charge in [0.15, 0.2) is 5.82 Å². The summed E-state index contributed by atoms with van der Waals surface area (Å²) in [6.45, 7) is 6.69. The molecule has 3 rings (SSSR count). The summed E-state index contributed by atoms with van der Waals surface area (Å²) in [7, 11) is 0. The lowest BCUT2D eigenvalue weighted by Crippen LogP contribution is -2.19. The summed E-state index contributed by atoms with van der Waals surface area (Å²) in [6, 6.07) is 4.44. The Morgan fingerprint density at radius 1 is 1.30 bits per heavy atom. The molecular formula is C16H21N3S. The van der Waals surface area contributed by atoms with Gasteiger partial charge in [0.2, 0.25) is 0 Å². The molecule has 0 amide bonds. The molecule has 2 aromatic heterocycles. The Morgan fingerprint density at radius 2 is 2.10 bits per heavy atom. The van der Waals surface area contributed by atoms with Gasteiger partial charge >= 0.3 is 0 Å². The van der Waals surface area contributed by atoms with Crippen molar-refractivity contribution in [2.75, 3.05) is 0 Å². The number of nitrogens with zero attached hydrogens (tertiary/aromatic N) is 2. The SMILES string of the molecule is CC(C)(C)c1ccc(-c2ncc3c(n2)CCCC3N)s1. The van der Waals surface area contributed by atoms with Crippen LogP contribution >= 0.6 is 11.3 Å². The standard InChI is InChI=1S/C16H21N3S/c1-16(2,3)14-8-7-13(20-14)15-18-9-10-11(17)5-4-6-12(10)19-15/h7-9,11H,4-6,17H2,1-3H3. The van der Waals surface area contributed by atoms with Crippen LogP contribution in [0.4, 0.5) is 0 Å². The van der Waals surface area contributed by atoms with Gasteiger partial charge in [-0.25, -0.2) is 9.97 Å². The van der Waals surface area contributed by atoms with Crippen LogP contribution in [0.3, 0.4) is 0 Å². The molecule has 0 aromatic carbocycles. The Hall–Kier alpha value is -1.26. The normalized spacial score (nSPS) is 18.9. The molecular weight excluding hydrogens is 266 g/mol. The molecule has 0 radical (unpaired) electrons. The zero-order chi connectivity index (χ0) is 14.3. The van der Waals surface area contributed by atoms with Crippen molar-refractivity contribution in [1.29, 1.82) is 0 Å². The fraction of sp³-hybridized carbons (Fsp3) is 0.500. The largest absolute Gasteiger partial charge is 0.324 e. The molecule has 1 aliphatic carbocycles. The smallest absolute Gasteiger partial charge is 0.169 e. The van der Waals surface area contributed by atoms with Gasteiger partial charge in [-0.3, -0.25) is 0 Å². The third-order valence-electron chi connectivity index (χ3n) is 3.79. The molecule has 2 aromatic rings. The molecule has 1 unspecified atom stereocenters. The average Bonchev–Trinajstić information content (AvgIpc) is 2.88. The van der Waals surface area contributed by atoms with E-state index >= 15 is 0 Å². The van der Waals surface area contributed by atoms with E-state index < -0.39 is 0 Å². The number of nitrogens with two attached hydrogens (primary N) is 1. The third kappa shape index (κ3) is 2.50. The number of thiophene rings is 1. The number of rotatable bonds is 1. The summed E-state index contributed by atoms with van der Waals surface area (Å²) in [6.07, 6.45) is 5.12. The summed E-state index contributed by atoms with van der Waals surface area (Å²) >= 11 is 1.79. The van der Waals surface area contributed by atoms with E-state index in [0.29, 0.717) is 0 Å². The van der Waals surface area contributed by atoms with Gasteiger partial charge in [0.05, 0.1) is 4.88 Å². The van der Waals surface area contributed by atoms with Gasteiger partial charge in [0.25, 0.3) is 0 Å². The minimum absolute atomic E-state index is 0.112. The molecule has 4 heteroatoms. The van der Waals surface area contributed by atoms with E-state index in [-0.39, 0.29) is 11.5 Å². The second-order valence-corrected chi connectivity index (χ2v) is 7.59. The lowest BCUT2D eigenvalue weighted by atomic mass is 9.93. The van der Waals surface area contributed by atoms with Crippen molar-refractivity contribution in [3.63, 3.8) is 0 Å². The molecule has 0 fully saturated rings. The molecule has 2 N–H and O–H groups in total. The molecule has 0 bridgehead atoms. The summed E-state index contributed by atoms with van der Waals surface area (Å²) in [5, 5.41) is 0. The molecule has 106 valence electrons. The summed E-state index contributed by atoms with van der Waals surface area (Å²) in [4.78, 5) is 11.8. The molecule has 0 aliphatic heterocycles. The molecule has 1 atom stereocenters. The van der Waals surface area contributed by atoms with Gasteiger partial charge in [0, 0.05) is 28.4 Å². The highest BCUT2D eigenvalue weighted by molar-refractivity contribution is 7.15. The van der Waals surface area contributed by atoms with Crippen LogP contribution in [0, 0.1) is 0 Å². The van der Waals surface area contributed by atoms with Crippen LogP contribution < -0.4 is 5.73 Å². The predicted molar refractivity (Wildman–Crippen MR) is 83.9 cm³/mol. The zero-order valence-corrected chi connectivity index (χ0v) is 13.1. The first-order valence-corrected chi connectivity index (χ1v) is 7.99. The monoisotopic (exact) mass is 287 g/mol. The average molecular weight is 287 g/mol. The van der Waals surface area contributed by atoms with Crippen LogP contribution in [0.25, 0.3) is 10.7 Å². The highest BCUT2D eigenvalue weighted by atomic mass is 32.1. The van der Waals surface area contributed by atoms with Crippen molar-refractivity contribution in [3.8, 4) is 10.7 Å². The number of aromatic nitrogens is 2. The summed E-state index contributed by atoms with van der Waals surface area (Å²) < 4.78 is 0. The highest BCUT2D eigenvalue weighted by Crippen LogP contribution is 2.34. The van der Waals surface area contributed by atoms with Crippen LogP contribution in [0.5, 0.6) is 0 Å². The fourth-order valence-corrected chi connectivity index (χ4v) is 3.57. The van der Waals surface area contributed by atoms with Crippen molar-refractivity contribution in [3.05, 3.63) is 34.5 Å². The van der Waals surface area contributed by atoms with Gasteiger partial charge in [-0.05, 0) is 36.8 Å². The Labute approximate surface area is 124 Å². The first-order valence-electron chi connectivity index (χ1n) is 7.17. The van der Waals surface area contributed by atoms with Crippen LogP contribution in [0.2, 0.25) is 0 Å². The second kappa shape index (κ2) is 4.93. The van der Waals surface area contributed by atoms with Gasteiger partial charge in [-0.2, -0.15) is 0 Å². The predicted octanol–water partition coefficient (Wildman–Crippen LogP) is 3.84. The van der Waals surface area contributed by atoms with Gasteiger partial charge in [-0.15, -0.1) is 11.3 Å². The van der Waals surface area contributed by atoms with Crippen molar-refractivity contribution in [2.24, 2.45) is 5.73 Å². The first kappa shape index (κ1) is 13.7. The van der Waals surface area contributed by atoms with Gasteiger partial charge in [0.1, 0.15) is 0 Å². The van der Waals surface area contributed by atoms with Crippen LogP contribution in [-0.4, -0.2) is 9.97 Å². The maximum Gasteiger partial charge on any atom is 0.169 e. The van der Waals surface area contributed by atoms with Crippen molar-refractivity contribution < 1.29 is 0 Å². The fourth-order valence-electron chi connectivity index (χ4n) is 2.56. The maximum atomic E-state index is 6.12. The summed E-state index contributed by atoms with van der Waals surface area (Å²) in [5.74, 6) is 0.846. The van der Waals surface area contributed by atoms with Crippen molar-refractivity contribution in [1.82, 2.24) is 9.97 Å². The summed E-state index contributed by atoms with van der Waals surface area (Å²) in [5.41, 5.74) is 8.57. The molecule has 1 aliphatic rings. The van der Waals surface area contributed by atoms with Crippen LogP contribution in [-0.2, 0) is 11.8 Å². The van der Waals surface area contributed by atoms with Crippen LogP contribution in [0.15, 0.2) is 18.3 Å². The molecule has 0 spiro atoms. The quantitative estimate of drug-likeness (QED) is 0.867. The van der Waals surface area contributed by atoms with E-state index in [0.717, 1.165) is 41.2 Å². The van der Waals surface area contributed by atoms with E-state index in [1.165, 1.54) is 4.88 Å². The lowest BCUT2D eigenvalue weighted by molar-refractivity contribution is 0.557. The van der Waals surface area contributed by atoms with E-state index in [1.807, 2.05) is 6.20 Å². The number of aryl methyl sites for hydroxylation is 1. The van der Waals surface area contributed by atoms with E-state index in [1.54, 1.807) is 11.3 Å². The Bertz CT molecular complexity index is 625. The highest BCUT2D eigenvalue weighted by Gasteiger charge is 2.21. The molecule has 20 heavy (non-hydrogen) atoms. The van der Waals surface area contributed by atoms with Gasteiger partial charge < -0.3 is 5.73 Å². The molecule has 2 heterocycles. The molecule has 0 saturated heterocycles. The number of hydrogen-bond donors (Lipinski definition) is 1. The van der Waals surface area contributed by atoms with Crippen molar-refractivity contribution >= 4 is 11.3 Å². The number of fused-ring (bicyclic) bond motifs is 1. The Balaban J connectivity index is 1.97.